The van der Waals surface area contributed by atoms with Crippen LogP contribution in [-0.4, -0.2) is 13.1 Å². The maximum Gasteiger partial charge on any atom is -0.00142 e. The fraction of sp³-hybridized carbons (Fsp3) is 0.571. The molecule has 1 aliphatic carbocycles. The maximum atomic E-state index is 3.49. The van der Waals surface area contributed by atoms with Gasteiger partial charge in [-0.25, -0.2) is 0 Å². The summed E-state index contributed by atoms with van der Waals surface area (Å²) in [7, 11) is 0. The van der Waals surface area contributed by atoms with Crippen LogP contribution in [0.25, 0.3) is 0 Å². The number of hydrogen-bond acceptors (Lipinski definition) is 1. The van der Waals surface area contributed by atoms with Crippen molar-refractivity contribution in [2.24, 2.45) is 5.92 Å². The second kappa shape index (κ2) is 3.64. The predicted molar refractivity (Wildman–Crippen MR) is 63.2 cm³/mol. The molecule has 1 aromatic carbocycles. The van der Waals surface area contributed by atoms with Crippen LogP contribution in [0.4, 0.5) is 0 Å². The zero-order valence-electron chi connectivity index (χ0n) is 9.37. The molecule has 1 N–H and O–H groups in total. The second-order valence-corrected chi connectivity index (χ2v) is 5.13. The van der Waals surface area contributed by atoms with Crippen LogP contribution in [0.3, 0.4) is 0 Å². The molecule has 1 nitrogen and oxygen atoms in total. The largest absolute Gasteiger partial charge is 0.316 e. The van der Waals surface area contributed by atoms with Crippen molar-refractivity contribution in [2.75, 3.05) is 13.1 Å². The fourth-order valence-corrected chi connectivity index (χ4v) is 3.40. The Balaban J connectivity index is 1.93. The summed E-state index contributed by atoms with van der Waals surface area (Å²) in [6.07, 6.45) is 2.73. The van der Waals surface area contributed by atoms with E-state index in [-0.39, 0.29) is 0 Å². The normalized spacial score (nSPS) is 34.3. The van der Waals surface area contributed by atoms with Gasteiger partial charge in [0.2, 0.25) is 0 Å². The van der Waals surface area contributed by atoms with Crippen LogP contribution in [-0.2, 0) is 0 Å². The minimum atomic E-state index is 0.770. The molecule has 15 heavy (non-hydrogen) atoms. The van der Waals surface area contributed by atoms with Crippen LogP contribution in [0.2, 0.25) is 0 Å². The third kappa shape index (κ3) is 1.50. The van der Waals surface area contributed by atoms with Crippen molar-refractivity contribution in [1.29, 1.82) is 0 Å². The van der Waals surface area contributed by atoms with Crippen molar-refractivity contribution in [3.63, 3.8) is 0 Å². The molecule has 3 rings (SSSR count). The summed E-state index contributed by atoms with van der Waals surface area (Å²) in [5.41, 5.74) is 3.24. The van der Waals surface area contributed by atoms with Crippen molar-refractivity contribution in [1.82, 2.24) is 5.32 Å². The molecule has 0 aromatic heterocycles. The molecule has 2 aliphatic rings. The molecule has 80 valence electrons. The summed E-state index contributed by atoms with van der Waals surface area (Å²) >= 11 is 0. The molecule has 3 unspecified atom stereocenters. The van der Waals surface area contributed by atoms with Crippen LogP contribution < -0.4 is 5.32 Å². The number of fused-ring (bicyclic) bond motifs is 1. The summed E-state index contributed by atoms with van der Waals surface area (Å²) in [6.45, 7) is 4.82. The van der Waals surface area contributed by atoms with Gasteiger partial charge in [0.1, 0.15) is 0 Å². The molecule has 0 saturated carbocycles. The quantitative estimate of drug-likeness (QED) is 0.736. The lowest BCUT2D eigenvalue weighted by molar-refractivity contribution is 0.440. The molecule has 1 aliphatic heterocycles. The molecular formula is C14H19N. The van der Waals surface area contributed by atoms with E-state index in [0.717, 1.165) is 17.8 Å². The van der Waals surface area contributed by atoms with Gasteiger partial charge in [0.25, 0.3) is 0 Å². The molecular weight excluding hydrogens is 182 g/mol. The zero-order valence-corrected chi connectivity index (χ0v) is 9.37. The predicted octanol–water partition coefficient (Wildman–Crippen LogP) is 2.89. The maximum absolute atomic E-state index is 3.49. The van der Waals surface area contributed by atoms with Crippen molar-refractivity contribution in [2.45, 2.75) is 31.6 Å². The summed E-state index contributed by atoms with van der Waals surface area (Å²) in [5.74, 6) is 2.48. The van der Waals surface area contributed by atoms with E-state index in [1.54, 1.807) is 11.1 Å². The van der Waals surface area contributed by atoms with E-state index in [0.29, 0.717) is 0 Å². The van der Waals surface area contributed by atoms with E-state index in [4.69, 9.17) is 0 Å². The monoisotopic (exact) mass is 201 g/mol. The van der Waals surface area contributed by atoms with Gasteiger partial charge in [-0.1, -0.05) is 31.2 Å². The van der Waals surface area contributed by atoms with Crippen LogP contribution in [0.15, 0.2) is 24.3 Å². The number of benzene rings is 1. The lowest BCUT2D eigenvalue weighted by Gasteiger charge is -2.18. The third-order valence-corrected chi connectivity index (χ3v) is 4.20. The molecule has 1 heteroatoms. The molecule has 0 bridgehead atoms. The first kappa shape index (κ1) is 9.41. The van der Waals surface area contributed by atoms with Crippen molar-refractivity contribution >= 4 is 0 Å². The van der Waals surface area contributed by atoms with Gasteiger partial charge in [-0.15, -0.1) is 0 Å². The Morgan fingerprint density at radius 1 is 1.20 bits per heavy atom. The second-order valence-electron chi connectivity index (χ2n) is 5.13. The van der Waals surface area contributed by atoms with Gasteiger partial charge in [-0.2, -0.15) is 0 Å². The smallest absolute Gasteiger partial charge is 0.00142 e. The molecule has 1 fully saturated rings. The van der Waals surface area contributed by atoms with E-state index in [2.05, 4.69) is 36.5 Å². The molecule has 0 amide bonds. The lowest BCUT2D eigenvalue weighted by atomic mass is 9.86. The highest BCUT2D eigenvalue weighted by Gasteiger charge is 2.34. The molecule has 1 saturated heterocycles. The van der Waals surface area contributed by atoms with Crippen LogP contribution in [0.5, 0.6) is 0 Å². The lowest BCUT2D eigenvalue weighted by Crippen LogP contribution is -2.14. The third-order valence-electron chi connectivity index (χ3n) is 4.20. The summed E-state index contributed by atoms with van der Waals surface area (Å²) in [6, 6.07) is 9.06. The highest BCUT2D eigenvalue weighted by atomic mass is 14.9. The van der Waals surface area contributed by atoms with Gasteiger partial charge in [0, 0.05) is 0 Å². The topological polar surface area (TPSA) is 12.0 Å². The standard InChI is InChI=1S/C14H19N/c1-10-8-14(11-6-7-15-9-11)13-5-3-2-4-12(10)13/h2-5,10-11,14-15H,6-9H2,1H3. The molecule has 3 atom stereocenters. The minimum absolute atomic E-state index is 0.770. The summed E-state index contributed by atoms with van der Waals surface area (Å²) in [4.78, 5) is 0. The van der Waals surface area contributed by atoms with Crippen LogP contribution in [0, 0.1) is 5.92 Å². The van der Waals surface area contributed by atoms with Gasteiger partial charge >= 0.3 is 0 Å². The summed E-state index contributed by atoms with van der Waals surface area (Å²) in [5, 5.41) is 3.49. The van der Waals surface area contributed by atoms with Crippen LogP contribution in [0.1, 0.15) is 42.7 Å². The molecule has 1 aromatic rings. The Bertz CT molecular complexity index is 352. The van der Waals surface area contributed by atoms with Gasteiger partial charge in [0.05, 0.1) is 0 Å². The van der Waals surface area contributed by atoms with Crippen molar-refractivity contribution in [3.05, 3.63) is 35.4 Å². The summed E-state index contributed by atoms with van der Waals surface area (Å²) < 4.78 is 0. The number of rotatable bonds is 1. The van der Waals surface area contributed by atoms with E-state index in [1.165, 1.54) is 25.9 Å². The Hall–Kier alpha value is -0.820. The first-order valence-corrected chi connectivity index (χ1v) is 6.16. The van der Waals surface area contributed by atoms with E-state index in [1.807, 2.05) is 0 Å². The first-order valence-electron chi connectivity index (χ1n) is 6.16. The van der Waals surface area contributed by atoms with Crippen molar-refractivity contribution in [3.8, 4) is 0 Å². The molecule has 0 radical (unpaired) electrons. The number of hydrogen-bond donors (Lipinski definition) is 1. The Kier molecular flexibility index (Phi) is 2.28. The van der Waals surface area contributed by atoms with Gasteiger partial charge in [-0.3, -0.25) is 0 Å². The highest BCUT2D eigenvalue weighted by Crippen LogP contribution is 2.46. The van der Waals surface area contributed by atoms with E-state index in [9.17, 15) is 0 Å². The van der Waals surface area contributed by atoms with Gasteiger partial charge < -0.3 is 5.32 Å². The Morgan fingerprint density at radius 2 is 2.00 bits per heavy atom. The zero-order chi connectivity index (χ0) is 10.3. The molecule has 1 heterocycles. The Labute approximate surface area is 91.9 Å². The SMILES string of the molecule is CC1CC(C2CCNC2)c2ccccc21. The Morgan fingerprint density at radius 3 is 2.73 bits per heavy atom. The fourth-order valence-electron chi connectivity index (χ4n) is 3.40. The first-order chi connectivity index (χ1) is 7.36. The van der Waals surface area contributed by atoms with E-state index >= 15 is 0 Å². The highest BCUT2D eigenvalue weighted by molar-refractivity contribution is 5.38. The molecule has 0 spiro atoms. The van der Waals surface area contributed by atoms with Crippen molar-refractivity contribution < 1.29 is 0 Å². The van der Waals surface area contributed by atoms with Gasteiger partial charge in [-0.05, 0) is 54.8 Å². The number of nitrogens with one attached hydrogen (secondary N) is 1. The van der Waals surface area contributed by atoms with Crippen LogP contribution >= 0.6 is 0 Å². The average Bonchev–Trinajstić information content (AvgIpc) is 2.87. The minimum Gasteiger partial charge on any atom is -0.316 e. The average molecular weight is 201 g/mol. The van der Waals surface area contributed by atoms with E-state index < -0.39 is 0 Å². The van der Waals surface area contributed by atoms with Gasteiger partial charge in [0.15, 0.2) is 0 Å².